The number of halogens is 1. The van der Waals surface area contributed by atoms with E-state index in [1.807, 2.05) is 47.4 Å². The summed E-state index contributed by atoms with van der Waals surface area (Å²) in [5.41, 5.74) is 2.90. The van der Waals surface area contributed by atoms with Crippen LogP contribution in [0.15, 0.2) is 42.5 Å². The summed E-state index contributed by atoms with van der Waals surface area (Å²) in [5.74, 6) is 1.04. The summed E-state index contributed by atoms with van der Waals surface area (Å²) in [6, 6.07) is 13.7. The lowest BCUT2D eigenvalue weighted by molar-refractivity contribution is -0.126. The van der Waals surface area contributed by atoms with Crippen molar-refractivity contribution in [3.8, 4) is 5.75 Å². The zero-order valence-corrected chi connectivity index (χ0v) is 13.8. The van der Waals surface area contributed by atoms with E-state index < -0.39 is 0 Å². The van der Waals surface area contributed by atoms with Crippen LogP contribution in [0.2, 0.25) is 5.02 Å². The summed E-state index contributed by atoms with van der Waals surface area (Å²) in [6.07, 6.45) is 3.00. The van der Waals surface area contributed by atoms with E-state index >= 15 is 0 Å². The third-order valence-electron chi connectivity index (χ3n) is 5.13. The van der Waals surface area contributed by atoms with Crippen LogP contribution in [-0.4, -0.2) is 13.0 Å². The lowest BCUT2D eigenvalue weighted by Gasteiger charge is -2.37. The van der Waals surface area contributed by atoms with Gasteiger partial charge in [0.05, 0.1) is 19.1 Å². The second-order valence-electron chi connectivity index (χ2n) is 6.34. The van der Waals surface area contributed by atoms with Gasteiger partial charge in [-0.25, -0.2) is 0 Å². The maximum Gasteiger partial charge on any atom is 0.238 e. The normalized spacial score (nSPS) is 18.0. The molecule has 2 aromatic rings. The smallest absolute Gasteiger partial charge is 0.238 e. The molecule has 1 fully saturated rings. The highest BCUT2D eigenvalue weighted by molar-refractivity contribution is 6.31. The fourth-order valence-corrected chi connectivity index (χ4v) is 3.87. The Morgan fingerprint density at radius 1 is 1.17 bits per heavy atom. The Morgan fingerprint density at radius 3 is 2.52 bits per heavy atom. The van der Waals surface area contributed by atoms with E-state index in [4.69, 9.17) is 16.3 Å². The third kappa shape index (κ3) is 2.14. The highest BCUT2D eigenvalue weighted by atomic mass is 35.5. The first-order valence-corrected chi connectivity index (χ1v) is 8.27. The molecule has 3 nitrogen and oxygen atoms in total. The van der Waals surface area contributed by atoms with Gasteiger partial charge in [0.1, 0.15) is 5.75 Å². The second kappa shape index (κ2) is 5.27. The molecule has 0 saturated heterocycles. The molecule has 2 aromatic carbocycles. The van der Waals surface area contributed by atoms with Gasteiger partial charge in [-0.05, 0) is 48.2 Å². The largest absolute Gasteiger partial charge is 0.497 e. The molecular weight excluding hydrogens is 310 g/mol. The van der Waals surface area contributed by atoms with Crippen LogP contribution in [0.4, 0.5) is 5.69 Å². The fraction of sp³-hybridized carbons (Fsp3) is 0.316. The molecule has 1 saturated carbocycles. The predicted molar refractivity (Wildman–Crippen MR) is 91.2 cm³/mol. The van der Waals surface area contributed by atoms with E-state index in [0.29, 0.717) is 11.6 Å². The monoisotopic (exact) mass is 327 g/mol. The number of nitrogens with zero attached hydrogens (tertiary/aromatic N) is 1. The van der Waals surface area contributed by atoms with Gasteiger partial charge < -0.3 is 9.64 Å². The van der Waals surface area contributed by atoms with Crippen molar-refractivity contribution in [1.29, 1.82) is 0 Å². The van der Waals surface area contributed by atoms with Crippen molar-refractivity contribution >= 4 is 23.2 Å². The van der Waals surface area contributed by atoms with E-state index in [1.54, 1.807) is 7.11 Å². The molecule has 1 spiro atoms. The van der Waals surface area contributed by atoms with E-state index in [0.717, 1.165) is 41.8 Å². The maximum atomic E-state index is 13.1. The topological polar surface area (TPSA) is 29.5 Å². The minimum Gasteiger partial charge on any atom is -0.497 e. The minimum absolute atomic E-state index is 0.219. The lowest BCUT2D eigenvalue weighted by Crippen LogP contribution is -2.44. The number of benzene rings is 2. The van der Waals surface area contributed by atoms with Gasteiger partial charge in [-0.15, -0.1) is 0 Å². The number of rotatable bonds is 3. The van der Waals surface area contributed by atoms with Gasteiger partial charge in [0.15, 0.2) is 0 Å². The molecule has 118 valence electrons. The van der Waals surface area contributed by atoms with Crippen LogP contribution in [0.25, 0.3) is 0 Å². The first kappa shape index (κ1) is 14.6. The van der Waals surface area contributed by atoms with Gasteiger partial charge >= 0.3 is 0 Å². The Labute approximate surface area is 140 Å². The van der Waals surface area contributed by atoms with E-state index in [9.17, 15) is 4.79 Å². The summed E-state index contributed by atoms with van der Waals surface area (Å²) in [4.78, 5) is 15.0. The number of carbonyl (C=O) groups is 1. The lowest BCUT2D eigenvalue weighted by atomic mass is 9.65. The number of methoxy groups -OCH3 is 1. The minimum atomic E-state index is -0.299. The average Bonchev–Trinajstić information content (AvgIpc) is 2.76. The highest BCUT2D eigenvalue weighted by Gasteiger charge is 2.54. The number of hydrogen-bond acceptors (Lipinski definition) is 2. The summed E-state index contributed by atoms with van der Waals surface area (Å²) < 4.78 is 5.19. The molecule has 0 radical (unpaired) electrons. The number of hydrogen-bond donors (Lipinski definition) is 0. The molecule has 0 bridgehead atoms. The van der Waals surface area contributed by atoms with Gasteiger partial charge in [0.2, 0.25) is 5.91 Å². The Kier molecular flexibility index (Phi) is 3.34. The SMILES string of the molecule is COc1ccc(CN2C(=O)C3(CCC3)c3ccc(Cl)cc32)cc1. The fourth-order valence-electron chi connectivity index (χ4n) is 3.70. The van der Waals surface area contributed by atoms with Crippen LogP contribution in [0.1, 0.15) is 30.4 Å². The van der Waals surface area contributed by atoms with E-state index in [-0.39, 0.29) is 11.3 Å². The van der Waals surface area contributed by atoms with Gasteiger partial charge in [-0.3, -0.25) is 4.79 Å². The summed E-state index contributed by atoms with van der Waals surface area (Å²) in [6.45, 7) is 0.567. The number of carbonyl (C=O) groups excluding carboxylic acids is 1. The average molecular weight is 328 g/mol. The first-order valence-electron chi connectivity index (χ1n) is 7.89. The van der Waals surface area contributed by atoms with Crippen molar-refractivity contribution in [1.82, 2.24) is 0 Å². The van der Waals surface area contributed by atoms with Crippen LogP contribution in [0.3, 0.4) is 0 Å². The molecule has 2 aliphatic rings. The van der Waals surface area contributed by atoms with Crippen LogP contribution >= 0.6 is 11.6 Å². The zero-order chi connectivity index (χ0) is 16.0. The van der Waals surface area contributed by atoms with Gasteiger partial charge in [0, 0.05) is 10.7 Å². The number of amides is 1. The van der Waals surface area contributed by atoms with Crippen LogP contribution in [-0.2, 0) is 16.8 Å². The molecule has 1 aliphatic heterocycles. The zero-order valence-electron chi connectivity index (χ0n) is 13.0. The van der Waals surface area contributed by atoms with Crippen molar-refractivity contribution in [2.45, 2.75) is 31.2 Å². The van der Waals surface area contributed by atoms with E-state index in [2.05, 4.69) is 0 Å². The molecule has 0 unspecified atom stereocenters. The molecule has 0 atom stereocenters. The Balaban J connectivity index is 1.71. The molecule has 0 N–H and O–H groups in total. The van der Waals surface area contributed by atoms with Crippen LogP contribution in [0, 0.1) is 0 Å². The van der Waals surface area contributed by atoms with Crippen LogP contribution in [0.5, 0.6) is 5.75 Å². The Morgan fingerprint density at radius 2 is 1.91 bits per heavy atom. The quantitative estimate of drug-likeness (QED) is 0.840. The molecule has 4 rings (SSSR count). The summed E-state index contributed by atoms with van der Waals surface area (Å²) in [7, 11) is 1.65. The van der Waals surface area contributed by atoms with Gasteiger partial charge in [0.25, 0.3) is 0 Å². The Bertz CT molecular complexity index is 765. The van der Waals surface area contributed by atoms with E-state index in [1.165, 1.54) is 0 Å². The van der Waals surface area contributed by atoms with Crippen LogP contribution < -0.4 is 9.64 Å². The summed E-state index contributed by atoms with van der Waals surface area (Å²) in [5, 5.41) is 0.674. The third-order valence-corrected chi connectivity index (χ3v) is 5.36. The number of anilines is 1. The summed E-state index contributed by atoms with van der Waals surface area (Å²) >= 11 is 6.18. The van der Waals surface area contributed by atoms with Gasteiger partial charge in [-0.2, -0.15) is 0 Å². The molecule has 1 heterocycles. The predicted octanol–water partition coefficient (Wildman–Crippen LogP) is 4.32. The standard InChI is InChI=1S/C19H18ClNO2/c1-23-15-6-3-13(4-7-15)12-21-17-11-14(20)5-8-16(17)19(18(21)22)9-2-10-19/h3-8,11H,2,9-10,12H2,1H3. The number of ether oxygens (including phenoxy) is 1. The number of fused-ring (bicyclic) bond motifs is 2. The molecular formula is C19H18ClNO2. The molecule has 4 heteroatoms. The van der Waals surface area contributed by atoms with Crippen molar-refractivity contribution in [2.75, 3.05) is 12.0 Å². The molecule has 0 aromatic heterocycles. The molecule has 1 amide bonds. The Hall–Kier alpha value is -2.00. The maximum absolute atomic E-state index is 13.1. The first-order chi connectivity index (χ1) is 11.1. The molecule has 23 heavy (non-hydrogen) atoms. The van der Waals surface area contributed by atoms with Gasteiger partial charge in [-0.1, -0.05) is 36.2 Å². The van der Waals surface area contributed by atoms with Crippen molar-refractivity contribution in [3.05, 3.63) is 58.6 Å². The van der Waals surface area contributed by atoms with Crippen molar-refractivity contribution in [2.24, 2.45) is 0 Å². The molecule has 1 aliphatic carbocycles. The highest BCUT2D eigenvalue weighted by Crippen LogP contribution is 2.54. The van der Waals surface area contributed by atoms with Crippen molar-refractivity contribution in [3.63, 3.8) is 0 Å². The van der Waals surface area contributed by atoms with Crippen molar-refractivity contribution < 1.29 is 9.53 Å². The second-order valence-corrected chi connectivity index (χ2v) is 6.77.